The molecule has 0 spiro atoms. The number of Topliss-reactive ketones (excluding diaryl/α,β-unsaturated/α-hetero) is 1. The maximum absolute atomic E-state index is 12.0. The van der Waals surface area contributed by atoms with E-state index < -0.39 is 0 Å². The van der Waals surface area contributed by atoms with Gasteiger partial charge in [0.15, 0.2) is 5.78 Å². The molecule has 1 rings (SSSR count). The van der Waals surface area contributed by atoms with Gasteiger partial charge in [0.1, 0.15) is 0 Å². The second-order valence-corrected chi connectivity index (χ2v) is 8.02. The lowest BCUT2D eigenvalue weighted by molar-refractivity contribution is 0.0974. The largest absolute Gasteiger partial charge is 0.390 e. The summed E-state index contributed by atoms with van der Waals surface area (Å²) in [5.41, 5.74) is 1.34. The molecule has 3 heteroatoms. The molecular weight excluding hydrogens is 358 g/mol. The van der Waals surface area contributed by atoms with E-state index in [1.807, 2.05) is 0 Å². The smallest absolute Gasteiger partial charge is 0.179 e. The monoisotopic (exact) mass is 401 g/mol. The van der Waals surface area contributed by atoms with Crippen LogP contribution in [-0.4, -0.2) is 15.9 Å². The van der Waals surface area contributed by atoms with E-state index in [2.05, 4.69) is 36.2 Å². The van der Waals surface area contributed by atoms with Crippen molar-refractivity contribution in [1.82, 2.24) is 4.98 Å². The number of carbonyl (C=O) groups is 1. The average molecular weight is 402 g/mol. The van der Waals surface area contributed by atoms with Gasteiger partial charge in [-0.25, -0.2) is 0 Å². The predicted octanol–water partition coefficient (Wildman–Crippen LogP) is 7.67. The molecule has 1 aromatic heterocycles. The summed E-state index contributed by atoms with van der Waals surface area (Å²) in [5.74, 6) is 0.157. The minimum atomic E-state index is -0.0416. The Kier molecular flexibility index (Phi) is 16.2. The summed E-state index contributed by atoms with van der Waals surface area (Å²) in [6.45, 7) is 2.21. The molecule has 0 amide bonds. The van der Waals surface area contributed by atoms with E-state index in [0.717, 1.165) is 19.3 Å². The molecule has 0 atom stereocenters. The van der Waals surface area contributed by atoms with Crippen molar-refractivity contribution >= 4 is 5.78 Å². The van der Waals surface area contributed by atoms with E-state index >= 15 is 0 Å². The fourth-order valence-electron chi connectivity index (χ4n) is 3.46. The molecule has 0 aliphatic heterocycles. The fourth-order valence-corrected chi connectivity index (χ4v) is 3.46. The molecule has 3 nitrogen and oxygen atoms in total. The van der Waals surface area contributed by atoms with Crippen molar-refractivity contribution in [1.29, 1.82) is 0 Å². The van der Waals surface area contributed by atoms with Crippen LogP contribution in [0.5, 0.6) is 0 Å². The second kappa shape index (κ2) is 18.4. The normalized spacial score (nSPS) is 11.8. The van der Waals surface area contributed by atoms with Gasteiger partial charge < -0.3 is 10.1 Å². The standard InChI is InChI=1S/C26H43NO2/c1-2-3-4-5-6-7-8-9-10-11-12-13-14-15-16-17-18-19-20-26(29)25-22-21-24(23-28)27-25/h6-7,9-10,21-22,27-28H,2-5,8,11-20,23H2,1H3/b7-6-,10-9-. The van der Waals surface area contributed by atoms with Crippen molar-refractivity contribution in [3.05, 3.63) is 47.8 Å². The zero-order valence-corrected chi connectivity index (χ0v) is 18.6. The van der Waals surface area contributed by atoms with Crippen molar-refractivity contribution in [2.45, 2.75) is 110 Å². The van der Waals surface area contributed by atoms with Gasteiger partial charge in [-0.1, -0.05) is 82.6 Å². The summed E-state index contributed by atoms with van der Waals surface area (Å²) in [5, 5.41) is 9.02. The van der Waals surface area contributed by atoms with Crippen LogP contribution >= 0.6 is 0 Å². The van der Waals surface area contributed by atoms with Gasteiger partial charge in [0.25, 0.3) is 0 Å². The van der Waals surface area contributed by atoms with Crippen molar-refractivity contribution in [3.8, 4) is 0 Å². The van der Waals surface area contributed by atoms with Crippen LogP contribution in [0.15, 0.2) is 36.4 Å². The van der Waals surface area contributed by atoms with Crippen LogP contribution in [0.4, 0.5) is 0 Å². The number of unbranched alkanes of at least 4 members (excludes halogenated alkanes) is 11. The molecule has 0 saturated carbocycles. The molecule has 0 aromatic carbocycles. The Hall–Kier alpha value is -1.61. The second-order valence-electron chi connectivity index (χ2n) is 8.02. The topological polar surface area (TPSA) is 53.1 Å². The highest BCUT2D eigenvalue weighted by atomic mass is 16.3. The molecule has 0 aliphatic rings. The van der Waals surface area contributed by atoms with Crippen molar-refractivity contribution in [3.63, 3.8) is 0 Å². The first-order chi connectivity index (χ1) is 14.3. The van der Waals surface area contributed by atoms with Gasteiger partial charge in [-0.05, 0) is 50.7 Å². The lowest BCUT2D eigenvalue weighted by Crippen LogP contribution is -1.99. The van der Waals surface area contributed by atoms with Gasteiger partial charge in [0, 0.05) is 12.1 Å². The molecular formula is C26H43NO2. The molecule has 1 heterocycles. The molecule has 1 aromatic rings. The number of hydrogen-bond donors (Lipinski definition) is 2. The zero-order chi connectivity index (χ0) is 21.0. The number of allylic oxidation sites excluding steroid dienone is 4. The highest BCUT2D eigenvalue weighted by molar-refractivity contribution is 5.94. The van der Waals surface area contributed by atoms with Gasteiger partial charge in [-0.15, -0.1) is 0 Å². The lowest BCUT2D eigenvalue weighted by atomic mass is 10.0. The number of rotatable bonds is 19. The highest BCUT2D eigenvalue weighted by Crippen LogP contribution is 2.13. The molecule has 29 heavy (non-hydrogen) atoms. The maximum Gasteiger partial charge on any atom is 0.179 e. The molecule has 0 fully saturated rings. The average Bonchev–Trinajstić information content (AvgIpc) is 3.22. The van der Waals surface area contributed by atoms with Crippen LogP contribution in [0.3, 0.4) is 0 Å². The van der Waals surface area contributed by atoms with Crippen LogP contribution < -0.4 is 0 Å². The van der Waals surface area contributed by atoms with Crippen LogP contribution in [-0.2, 0) is 6.61 Å². The third kappa shape index (κ3) is 14.1. The minimum absolute atomic E-state index is 0.0416. The SMILES string of the molecule is CCCCC/C=C\C/C=C\CCCCCCCCCCC(=O)c1ccc(CO)[nH]1. The number of nitrogens with one attached hydrogen (secondary N) is 1. The van der Waals surface area contributed by atoms with Gasteiger partial charge in [-0.3, -0.25) is 4.79 Å². The summed E-state index contributed by atoms with van der Waals surface area (Å²) in [4.78, 5) is 15.0. The first-order valence-electron chi connectivity index (χ1n) is 11.9. The number of ketones is 1. The molecule has 0 unspecified atom stereocenters. The number of aliphatic hydroxyl groups excluding tert-OH is 1. The van der Waals surface area contributed by atoms with E-state index in [1.165, 1.54) is 70.6 Å². The van der Waals surface area contributed by atoms with Crippen LogP contribution in [0.1, 0.15) is 119 Å². The van der Waals surface area contributed by atoms with E-state index in [0.29, 0.717) is 17.8 Å². The van der Waals surface area contributed by atoms with E-state index in [1.54, 1.807) is 12.1 Å². The lowest BCUT2D eigenvalue weighted by Gasteiger charge is -2.02. The number of H-pyrrole nitrogens is 1. The number of aliphatic hydroxyl groups is 1. The Morgan fingerprint density at radius 1 is 0.828 bits per heavy atom. The summed E-state index contributed by atoms with van der Waals surface area (Å²) in [7, 11) is 0. The first kappa shape index (κ1) is 25.4. The Morgan fingerprint density at radius 3 is 2.00 bits per heavy atom. The Labute approximate surface area is 178 Å². The Balaban J connectivity index is 1.84. The summed E-state index contributed by atoms with van der Waals surface area (Å²) in [6.07, 6.45) is 27.2. The van der Waals surface area contributed by atoms with Gasteiger partial charge in [-0.2, -0.15) is 0 Å². The number of carbonyl (C=O) groups excluding carboxylic acids is 1. The molecule has 0 saturated heterocycles. The number of aromatic nitrogens is 1. The predicted molar refractivity (Wildman–Crippen MR) is 124 cm³/mol. The number of hydrogen-bond acceptors (Lipinski definition) is 2. The van der Waals surface area contributed by atoms with Crippen LogP contribution in [0.2, 0.25) is 0 Å². The Morgan fingerprint density at radius 2 is 1.41 bits per heavy atom. The van der Waals surface area contributed by atoms with Crippen LogP contribution in [0, 0.1) is 0 Å². The molecule has 164 valence electrons. The van der Waals surface area contributed by atoms with E-state index in [4.69, 9.17) is 5.11 Å². The van der Waals surface area contributed by atoms with Gasteiger partial charge >= 0.3 is 0 Å². The van der Waals surface area contributed by atoms with Gasteiger partial charge in [0.2, 0.25) is 0 Å². The molecule has 0 aliphatic carbocycles. The van der Waals surface area contributed by atoms with Gasteiger partial charge in [0.05, 0.1) is 12.3 Å². The summed E-state index contributed by atoms with van der Waals surface area (Å²) in [6, 6.07) is 3.55. The van der Waals surface area contributed by atoms with Crippen molar-refractivity contribution < 1.29 is 9.90 Å². The minimum Gasteiger partial charge on any atom is -0.390 e. The Bertz CT molecular complexity index is 571. The quantitative estimate of drug-likeness (QED) is 0.142. The zero-order valence-electron chi connectivity index (χ0n) is 18.6. The third-order valence-corrected chi connectivity index (χ3v) is 5.32. The molecule has 2 N–H and O–H groups in total. The van der Waals surface area contributed by atoms with Crippen molar-refractivity contribution in [2.24, 2.45) is 0 Å². The highest BCUT2D eigenvalue weighted by Gasteiger charge is 2.07. The summed E-state index contributed by atoms with van der Waals surface area (Å²) >= 11 is 0. The molecule has 0 bridgehead atoms. The van der Waals surface area contributed by atoms with Crippen molar-refractivity contribution in [2.75, 3.05) is 0 Å². The summed E-state index contributed by atoms with van der Waals surface area (Å²) < 4.78 is 0. The fraction of sp³-hybridized carbons (Fsp3) is 0.654. The first-order valence-corrected chi connectivity index (χ1v) is 11.9. The van der Waals surface area contributed by atoms with Crippen LogP contribution in [0.25, 0.3) is 0 Å². The molecule has 0 radical (unpaired) electrons. The number of aromatic amines is 1. The maximum atomic E-state index is 12.0. The van der Waals surface area contributed by atoms with E-state index in [9.17, 15) is 4.79 Å². The third-order valence-electron chi connectivity index (χ3n) is 5.32. The van der Waals surface area contributed by atoms with E-state index in [-0.39, 0.29) is 12.4 Å².